The van der Waals surface area contributed by atoms with Crippen LogP contribution in [0.3, 0.4) is 0 Å². The molecule has 3 nitrogen and oxygen atoms in total. The minimum absolute atomic E-state index is 0.119. The Kier molecular flexibility index (Phi) is 6.32. The van der Waals surface area contributed by atoms with Crippen molar-refractivity contribution in [3.8, 4) is 0 Å². The van der Waals surface area contributed by atoms with Gasteiger partial charge in [-0.2, -0.15) is 0 Å². The predicted molar refractivity (Wildman–Crippen MR) is 102 cm³/mol. The summed E-state index contributed by atoms with van der Waals surface area (Å²) in [6, 6.07) is 17.2. The molecule has 0 spiro atoms. The van der Waals surface area contributed by atoms with E-state index < -0.39 is 11.6 Å². The van der Waals surface area contributed by atoms with E-state index in [1.165, 1.54) is 12.1 Å². The summed E-state index contributed by atoms with van der Waals surface area (Å²) in [6.07, 6.45) is 0. The molecule has 6 heteroatoms. The maximum atomic E-state index is 13.4. The third kappa shape index (κ3) is 4.99. The first-order valence-corrected chi connectivity index (χ1v) is 9.58. The van der Waals surface area contributed by atoms with E-state index in [1.807, 2.05) is 54.8 Å². The molecular weight excluding hydrogens is 366 g/mol. The Bertz CT molecular complexity index is 884. The predicted octanol–water partition coefficient (Wildman–Crippen LogP) is 3.56. The Balaban J connectivity index is 1.63. The van der Waals surface area contributed by atoms with E-state index in [9.17, 15) is 13.6 Å². The van der Waals surface area contributed by atoms with E-state index in [4.69, 9.17) is 0 Å². The van der Waals surface area contributed by atoms with Crippen LogP contribution in [0.2, 0.25) is 0 Å². The molecule has 0 saturated carbocycles. The molecule has 0 fully saturated rings. The van der Waals surface area contributed by atoms with Crippen LogP contribution in [0.1, 0.15) is 35.0 Å². The Morgan fingerprint density at radius 3 is 2.48 bits per heavy atom. The van der Waals surface area contributed by atoms with Crippen LogP contribution in [0.15, 0.2) is 66.0 Å². The number of nitrogens with one attached hydrogen (secondary N) is 1. The highest BCUT2D eigenvalue weighted by Gasteiger charge is 2.20. The molecule has 0 aliphatic carbocycles. The van der Waals surface area contributed by atoms with Crippen molar-refractivity contribution in [2.75, 3.05) is 6.54 Å². The number of rotatable bonds is 7. The summed E-state index contributed by atoms with van der Waals surface area (Å²) in [5.41, 5.74) is 1.65. The van der Waals surface area contributed by atoms with Gasteiger partial charge in [0.05, 0.1) is 6.04 Å². The van der Waals surface area contributed by atoms with Gasteiger partial charge < -0.3 is 10.6 Å². The van der Waals surface area contributed by atoms with Crippen LogP contribution < -0.4 is 10.6 Å². The SMILES string of the molecule is C[C@@H]([NH2+]CC(=O)N[C@@H](c1ccccc1)c1cccs1)c1ccc(F)c(F)c1. The lowest BCUT2D eigenvalue weighted by atomic mass is 10.1. The van der Waals surface area contributed by atoms with E-state index >= 15 is 0 Å². The molecule has 0 unspecified atom stereocenters. The highest BCUT2D eigenvalue weighted by Crippen LogP contribution is 2.25. The highest BCUT2D eigenvalue weighted by molar-refractivity contribution is 7.10. The maximum Gasteiger partial charge on any atom is 0.275 e. The van der Waals surface area contributed by atoms with Crippen molar-refractivity contribution in [1.82, 2.24) is 5.32 Å². The molecule has 0 bridgehead atoms. The summed E-state index contributed by atoms with van der Waals surface area (Å²) >= 11 is 1.59. The number of carbonyl (C=O) groups is 1. The van der Waals surface area contributed by atoms with Crippen LogP contribution in [0.5, 0.6) is 0 Å². The van der Waals surface area contributed by atoms with Crippen molar-refractivity contribution in [2.45, 2.75) is 19.0 Å². The second-order valence-electron chi connectivity index (χ2n) is 6.33. The summed E-state index contributed by atoms with van der Waals surface area (Å²) in [4.78, 5) is 13.6. The van der Waals surface area contributed by atoms with Crippen LogP contribution >= 0.6 is 11.3 Å². The van der Waals surface area contributed by atoms with Gasteiger partial charge in [-0.3, -0.25) is 4.79 Å². The minimum Gasteiger partial charge on any atom is -0.339 e. The second kappa shape index (κ2) is 8.88. The van der Waals surface area contributed by atoms with Gasteiger partial charge in [0.1, 0.15) is 6.04 Å². The summed E-state index contributed by atoms with van der Waals surface area (Å²) in [6.45, 7) is 2.04. The van der Waals surface area contributed by atoms with Gasteiger partial charge in [0.15, 0.2) is 18.2 Å². The normalized spacial score (nSPS) is 13.1. The third-order valence-electron chi connectivity index (χ3n) is 4.39. The van der Waals surface area contributed by atoms with Crippen molar-refractivity contribution in [3.63, 3.8) is 0 Å². The Morgan fingerprint density at radius 1 is 1.04 bits per heavy atom. The van der Waals surface area contributed by atoms with Crippen LogP contribution in [-0.4, -0.2) is 12.5 Å². The van der Waals surface area contributed by atoms with Gasteiger partial charge in [-0.1, -0.05) is 36.4 Å². The first-order valence-electron chi connectivity index (χ1n) is 8.70. The molecule has 2 aromatic carbocycles. The lowest BCUT2D eigenvalue weighted by Gasteiger charge is -2.18. The van der Waals surface area contributed by atoms with E-state index in [-0.39, 0.29) is 24.5 Å². The van der Waals surface area contributed by atoms with Crippen molar-refractivity contribution < 1.29 is 18.9 Å². The molecule has 3 N–H and O–H groups in total. The number of benzene rings is 2. The number of thiophene rings is 1. The van der Waals surface area contributed by atoms with E-state index in [0.29, 0.717) is 5.56 Å². The summed E-state index contributed by atoms with van der Waals surface area (Å²) in [5, 5.41) is 6.85. The van der Waals surface area contributed by atoms with Crippen LogP contribution in [-0.2, 0) is 4.79 Å². The molecule has 140 valence electrons. The molecule has 0 saturated heterocycles. The third-order valence-corrected chi connectivity index (χ3v) is 5.33. The molecule has 0 aliphatic heterocycles. The van der Waals surface area contributed by atoms with Gasteiger partial charge in [0, 0.05) is 10.4 Å². The number of amides is 1. The zero-order valence-corrected chi connectivity index (χ0v) is 15.7. The molecule has 3 aromatic rings. The molecule has 0 aliphatic rings. The molecular formula is C21H21F2N2OS+. The Labute approximate surface area is 161 Å². The average Bonchev–Trinajstić information content (AvgIpc) is 3.21. The quantitative estimate of drug-likeness (QED) is 0.640. The lowest BCUT2D eigenvalue weighted by molar-refractivity contribution is -0.682. The number of carbonyl (C=O) groups excluding carboxylic acids is 1. The molecule has 1 aromatic heterocycles. The smallest absolute Gasteiger partial charge is 0.275 e. The fourth-order valence-electron chi connectivity index (χ4n) is 2.86. The zero-order chi connectivity index (χ0) is 19.2. The number of halogens is 2. The largest absolute Gasteiger partial charge is 0.339 e. The van der Waals surface area contributed by atoms with Crippen molar-refractivity contribution >= 4 is 17.2 Å². The fraction of sp³-hybridized carbons (Fsp3) is 0.190. The summed E-state index contributed by atoms with van der Waals surface area (Å²) < 4.78 is 26.5. The molecule has 1 heterocycles. The second-order valence-corrected chi connectivity index (χ2v) is 7.31. The van der Waals surface area contributed by atoms with Crippen LogP contribution in [0, 0.1) is 11.6 Å². The average molecular weight is 387 g/mol. The number of nitrogens with two attached hydrogens (primary N) is 1. The first kappa shape index (κ1) is 19.2. The lowest BCUT2D eigenvalue weighted by Crippen LogP contribution is -2.87. The van der Waals surface area contributed by atoms with Crippen LogP contribution in [0.4, 0.5) is 8.78 Å². The molecule has 1 amide bonds. The number of hydrogen-bond donors (Lipinski definition) is 2. The van der Waals surface area contributed by atoms with E-state index in [2.05, 4.69) is 5.32 Å². The number of hydrogen-bond acceptors (Lipinski definition) is 2. The molecule has 3 rings (SSSR count). The summed E-state index contributed by atoms with van der Waals surface area (Å²) in [7, 11) is 0. The van der Waals surface area contributed by atoms with E-state index in [1.54, 1.807) is 16.7 Å². The highest BCUT2D eigenvalue weighted by atomic mass is 32.1. The Morgan fingerprint density at radius 2 is 1.81 bits per heavy atom. The van der Waals surface area contributed by atoms with Gasteiger partial charge in [-0.05, 0) is 42.1 Å². The van der Waals surface area contributed by atoms with Crippen molar-refractivity contribution in [2.24, 2.45) is 0 Å². The van der Waals surface area contributed by atoms with E-state index in [0.717, 1.165) is 16.5 Å². The van der Waals surface area contributed by atoms with Crippen LogP contribution in [0.25, 0.3) is 0 Å². The van der Waals surface area contributed by atoms with Crippen molar-refractivity contribution in [3.05, 3.63) is 93.7 Å². The van der Waals surface area contributed by atoms with Gasteiger partial charge >= 0.3 is 0 Å². The Hall–Kier alpha value is -2.57. The molecule has 0 radical (unpaired) electrons. The zero-order valence-electron chi connectivity index (χ0n) is 14.9. The van der Waals surface area contributed by atoms with Gasteiger partial charge in [0.25, 0.3) is 5.91 Å². The van der Waals surface area contributed by atoms with Gasteiger partial charge in [-0.15, -0.1) is 11.3 Å². The maximum absolute atomic E-state index is 13.4. The topological polar surface area (TPSA) is 45.7 Å². The standard InChI is InChI=1S/C21H20F2N2OS/c1-14(16-9-10-17(22)18(23)12-16)24-13-20(26)25-21(19-8-5-11-27-19)15-6-3-2-4-7-15/h2-12,14,21,24H,13H2,1H3,(H,25,26)/p+1/t14-,21+/m1/s1. The van der Waals surface area contributed by atoms with Crippen molar-refractivity contribution in [1.29, 1.82) is 0 Å². The van der Waals surface area contributed by atoms with Gasteiger partial charge in [0.2, 0.25) is 0 Å². The summed E-state index contributed by atoms with van der Waals surface area (Å²) in [5.74, 6) is -1.86. The monoisotopic (exact) mass is 387 g/mol. The van der Waals surface area contributed by atoms with Gasteiger partial charge in [-0.25, -0.2) is 8.78 Å². The molecule has 27 heavy (non-hydrogen) atoms. The molecule has 2 atom stereocenters. The minimum atomic E-state index is -0.876. The first-order chi connectivity index (χ1) is 13.0. The number of quaternary nitrogens is 1. The fourth-order valence-corrected chi connectivity index (χ4v) is 3.66.